The molecule has 0 spiro atoms. The lowest BCUT2D eigenvalue weighted by molar-refractivity contribution is -0.384. The van der Waals surface area contributed by atoms with Gasteiger partial charge in [0.15, 0.2) is 5.96 Å². The zero-order valence-electron chi connectivity index (χ0n) is 16.9. The number of nitrogens with zero attached hydrogens (tertiary/aromatic N) is 4. The number of para-hydroxylation sites is 2. The van der Waals surface area contributed by atoms with E-state index in [1.807, 2.05) is 0 Å². The minimum absolute atomic E-state index is 0. The van der Waals surface area contributed by atoms with Crippen molar-refractivity contribution in [1.82, 2.24) is 15.1 Å². The molecular formula is C19H31IN6O3. The maximum Gasteiger partial charge on any atom is 0.292 e. The Hall–Kier alpha value is -1.66. The highest BCUT2D eigenvalue weighted by Crippen LogP contribution is 2.22. The van der Waals surface area contributed by atoms with Gasteiger partial charge in [-0.05, 0) is 19.4 Å². The molecule has 2 N–H and O–H groups in total. The van der Waals surface area contributed by atoms with Crippen LogP contribution in [0.15, 0.2) is 29.3 Å². The number of rotatable bonds is 7. The normalized spacial score (nSPS) is 20.2. The zero-order chi connectivity index (χ0) is 19.8. The van der Waals surface area contributed by atoms with Crippen molar-refractivity contribution >= 4 is 41.3 Å². The van der Waals surface area contributed by atoms with Gasteiger partial charge in [0.1, 0.15) is 5.69 Å². The van der Waals surface area contributed by atoms with E-state index in [-0.39, 0.29) is 34.6 Å². The maximum absolute atomic E-state index is 11.1. The number of nitro groups is 1. The number of hydrogen-bond acceptors (Lipinski definition) is 6. The lowest BCUT2D eigenvalue weighted by atomic mass is 10.2. The molecule has 0 bridgehead atoms. The number of aliphatic imine (C=N–C) groups is 1. The van der Waals surface area contributed by atoms with Crippen LogP contribution in [-0.2, 0) is 4.74 Å². The summed E-state index contributed by atoms with van der Waals surface area (Å²) in [5.74, 6) is 0.919. The summed E-state index contributed by atoms with van der Waals surface area (Å²) >= 11 is 0. The van der Waals surface area contributed by atoms with E-state index in [2.05, 4.69) is 27.4 Å². The molecule has 0 radical (unpaired) electrons. The molecule has 162 valence electrons. The minimum atomic E-state index is -0.369. The number of nitro benzene ring substituents is 1. The summed E-state index contributed by atoms with van der Waals surface area (Å²) in [4.78, 5) is 20.3. The Balaban J connectivity index is 0.00000300. The smallest absolute Gasteiger partial charge is 0.292 e. The molecule has 2 aliphatic heterocycles. The fourth-order valence-corrected chi connectivity index (χ4v) is 3.74. The first-order valence-electron chi connectivity index (χ1n) is 10.0. The van der Waals surface area contributed by atoms with E-state index in [1.165, 1.54) is 6.07 Å². The van der Waals surface area contributed by atoms with Crippen molar-refractivity contribution in [2.75, 3.05) is 64.3 Å². The Morgan fingerprint density at radius 2 is 2.07 bits per heavy atom. The number of anilines is 1. The highest BCUT2D eigenvalue weighted by atomic mass is 127. The first-order valence-corrected chi connectivity index (χ1v) is 10.0. The minimum Gasteiger partial charge on any atom is -0.379 e. The SMILES string of the molecule is CCNC(=NCCNc1ccccc1[N+](=O)[O-])N1CCC(N2CCOCC2)C1.I. The third kappa shape index (κ3) is 6.68. The summed E-state index contributed by atoms with van der Waals surface area (Å²) in [5.41, 5.74) is 0.618. The van der Waals surface area contributed by atoms with Crippen LogP contribution in [0.1, 0.15) is 13.3 Å². The van der Waals surface area contributed by atoms with Crippen molar-refractivity contribution in [3.05, 3.63) is 34.4 Å². The molecule has 0 aliphatic carbocycles. The van der Waals surface area contributed by atoms with E-state index in [9.17, 15) is 10.1 Å². The van der Waals surface area contributed by atoms with Gasteiger partial charge in [-0.2, -0.15) is 0 Å². The molecule has 2 saturated heterocycles. The van der Waals surface area contributed by atoms with Gasteiger partial charge in [0.25, 0.3) is 5.69 Å². The Morgan fingerprint density at radius 1 is 1.31 bits per heavy atom. The molecule has 10 heteroatoms. The predicted octanol–water partition coefficient (Wildman–Crippen LogP) is 2.00. The molecule has 29 heavy (non-hydrogen) atoms. The molecule has 2 fully saturated rings. The number of likely N-dealkylation sites (tertiary alicyclic amines) is 1. The Bertz CT molecular complexity index is 684. The summed E-state index contributed by atoms with van der Waals surface area (Å²) in [5, 5.41) is 17.6. The number of halogens is 1. The van der Waals surface area contributed by atoms with Crippen LogP contribution in [0, 0.1) is 10.1 Å². The first-order chi connectivity index (χ1) is 13.7. The molecule has 1 unspecified atom stereocenters. The van der Waals surface area contributed by atoms with Crippen LogP contribution < -0.4 is 10.6 Å². The molecule has 1 aromatic rings. The van der Waals surface area contributed by atoms with Crippen LogP contribution in [0.2, 0.25) is 0 Å². The Kier molecular flexibility index (Phi) is 9.88. The molecule has 2 aliphatic rings. The quantitative estimate of drug-likeness (QED) is 0.142. The van der Waals surface area contributed by atoms with Crippen molar-refractivity contribution in [2.24, 2.45) is 4.99 Å². The molecule has 0 amide bonds. The van der Waals surface area contributed by atoms with E-state index < -0.39 is 0 Å². The van der Waals surface area contributed by atoms with Crippen molar-refractivity contribution in [2.45, 2.75) is 19.4 Å². The van der Waals surface area contributed by atoms with Crippen molar-refractivity contribution < 1.29 is 9.66 Å². The van der Waals surface area contributed by atoms with Gasteiger partial charge in [0, 0.05) is 51.4 Å². The highest BCUT2D eigenvalue weighted by Gasteiger charge is 2.30. The fourth-order valence-electron chi connectivity index (χ4n) is 3.74. The molecule has 1 aromatic carbocycles. The van der Waals surface area contributed by atoms with Crippen LogP contribution in [0.3, 0.4) is 0 Å². The van der Waals surface area contributed by atoms with Crippen LogP contribution in [0.5, 0.6) is 0 Å². The van der Waals surface area contributed by atoms with Gasteiger partial charge in [0.2, 0.25) is 0 Å². The largest absolute Gasteiger partial charge is 0.379 e. The molecular weight excluding hydrogens is 487 g/mol. The Labute approximate surface area is 189 Å². The third-order valence-corrected chi connectivity index (χ3v) is 5.15. The van der Waals surface area contributed by atoms with E-state index in [0.717, 1.165) is 58.3 Å². The van der Waals surface area contributed by atoms with E-state index in [4.69, 9.17) is 9.73 Å². The number of ether oxygens (including phenoxy) is 1. The lowest BCUT2D eigenvalue weighted by Gasteiger charge is -2.32. The standard InChI is InChI=1S/C19H30N6O3.HI/c1-2-20-19(24-10-7-16(15-24)23-11-13-28-14-12-23)22-9-8-21-17-5-3-4-6-18(17)25(26)27;/h3-6,16,21H,2,7-15H2,1H3,(H,20,22);1H. The summed E-state index contributed by atoms with van der Waals surface area (Å²) in [6.07, 6.45) is 1.14. The van der Waals surface area contributed by atoms with Gasteiger partial charge in [-0.15, -0.1) is 24.0 Å². The average molecular weight is 518 g/mol. The van der Waals surface area contributed by atoms with Crippen LogP contribution in [0.4, 0.5) is 11.4 Å². The number of benzene rings is 1. The first kappa shape index (κ1) is 23.6. The highest BCUT2D eigenvalue weighted by molar-refractivity contribution is 14.0. The van der Waals surface area contributed by atoms with Crippen molar-refractivity contribution in [3.63, 3.8) is 0 Å². The predicted molar refractivity (Wildman–Crippen MR) is 125 cm³/mol. The summed E-state index contributed by atoms with van der Waals surface area (Å²) < 4.78 is 5.46. The second-order valence-corrected chi connectivity index (χ2v) is 6.97. The van der Waals surface area contributed by atoms with Gasteiger partial charge in [0.05, 0.1) is 24.7 Å². The van der Waals surface area contributed by atoms with Crippen molar-refractivity contribution in [1.29, 1.82) is 0 Å². The van der Waals surface area contributed by atoms with Gasteiger partial charge in [-0.1, -0.05) is 12.1 Å². The lowest BCUT2D eigenvalue weighted by Crippen LogP contribution is -2.46. The topological polar surface area (TPSA) is 95.3 Å². The number of nitrogens with one attached hydrogen (secondary N) is 2. The summed E-state index contributed by atoms with van der Waals surface area (Å²) in [7, 11) is 0. The molecule has 0 saturated carbocycles. The monoisotopic (exact) mass is 518 g/mol. The molecule has 2 heterocycles. The molecule has 3 rings (SSSR count). The summed E-state index contributed by atoms with van der Waals surface area (Å²) in [6, 6.07) is 7.24. The van der Waals surface area contributed by atoms with E-state index >= 15 is 0 Å². The van der Waals surface area contributed by atoms with Crippen LogP contribution >= 0.6 is 24.0 Å². The van der Waals surface area contributed by atoms with E-state index in [1.54, 1.807) is 18.2 Å². The number of hydrogen-bond donors (Lipinski definition) is 2. The molecule has 0 aromatic heterocycles. The third-order valence-electron chi connectivity index (χ3n) is 5.15. The van der Waals surface area contributed by atoms with Crippen LogP contribution in [0.25, 0.3) is 0 Å². The zero-order valence-corrected chi connectivity index (χ0v) is 19.2. The van der Waals surface area contributed by atoms with Crippen molar-refractivity contribution in [3.8, 4) is 0 Å². The average Bonchev–Trinajstić information content (AvgIpc) is 3.21. The molecule has 1 atom stereocenters. The second kappa shape index (κ2) is 12.1. The van der Waals surface area contributed by atoms with Gasteiger partial charge < -0.3 is 20.3 Å². The second-order valence-electron chi connectivity index (χ2n) is 6.97. The fraction of sp³-hybridized carbons (Fsp3) is 0.632. The summed E-state index contributed by atoms with van der Waals surface area (Å²) in [6.45, 7) is 9.59. The van der Waals surface area contributed by atoms with E-state index in [0.29, 0.717) is 24.8 Å². The number of morpholine rings is 1. The van der Waals surface area contributed by atoms with Gasteiger partial charge in [-0.25, -0.2) is 0 Å². The number of guanidine groups is 1. The Morgan fingerprint density at radius 3 is 2.79 bits per heavy atom. The maximum atomic E-state index is 11.1. The van der Waals surface area contributed by atoms with Gasteiger partial charge in [-0.3, -0.25) is 20.0 Å². The molecule has 9 nitrogen and oxygen atoms in total. The van der Waals surface area contributed by atoms with Crippen LogP contribution in [-0.4, -0.2) is 85.8 Å². The van der Waals surface area contributed by atoms with Gasteiger partial charge >= 0.3 is 0 Å².